The molecule has 1 heterocycles. The first-order valence-electron chi connectivity index (χ1n) is 5.74. The van der Waals surface area contributed by atoms with E-state index in [9.17, 15) is 8.42 Å². The van der Waals surface area contributed by atoms with Gasteiger partial charge >= 0.3 is 0 Å². The average Bonchev–Trinajstić information content (AvgIpc) is 2.65. The van der Waals surface area contributed by atoms with Crippen molar-refractivity contribution in [1.29, 1.82) is 0 Å². The van der Waals surface area contributed by atoms with Gasteiger partial charge in [-0.25, -0.2) is 13.1 Å². The molecule has 0 aliphatic heterocycles. The Bertz CT molecular complexity index is 468. The molecule has 104 valence electrons. The molecule has 1 rings (SSSR count). The first kappa shape index (κ1) is 15.6. The zero-order chi connectivity index (χ0) is 13.8. The highest BCUT2D eigenvalue weighted by molar-refractivity contribution is 7.89. The summed E-state index contributed by atoms with van der Waals surface area (Å²) in [4.78, 5) is 3.31. The normalized spacial score (nSPS) is 14.1. The number of hydrogen-bond acceptors (Lipinski definition) is 5. The minimum Gasteiger partial charge on any atom is -0.315 e. The molecule has 0 bridgehead atoms. The molecule has 0 fully saturated rings. The minimum absolute atomic E-state index is 0.113. The van der Waals surface area contributed by atoms with Gasteiger partial charge < -0.3 is 10.2 Å². The third kappa shape index (κ3) is 4.66. The van der Waals surface area contributed by atoms with Crippen LogP contribution >= 0.6 is 11.3 Å². The fourth-order valence-electron chi connectivity index (χ4n) is 1.69. The Morgan fingerprint density at radius 1 is 1.44 bits per heavy atom. The van der Waals surface area contributed by atoms with E-state index in [1.54, 1.807) is 11.4 Å². The summed E-state index contributed by atoms with van der Waals surface area (Å²) in [5.41, 5.74) is 0. The van der Waals surface area contributed by atoms with Gasteiger partial charge in [0.25, 0.3) is 0 Å². The van der Waals surface area contributed by atoms with E-state index in [0.717, 1.165) is 4.88 Å². The molecule has 0 saturated carbocycles. The highest BCUT2D eigenvalue weighted by Gasteiger charge is 2.19. The predicted molar refractivity (Wildman–Crippen MR) is 75.4 cm³/mol. The van der Waals surface area contributed by atoms with Gasteiger partial charge in [0.15, 0.2) is 0 Å². The summed E-state index contributed by atoms with van der Waals surface area (Å²) in [5, 5.41) is 4.68. The van der Waals surface area contributed by atoms with E-state index in [2.05, 4.69) is 10.0 Å². The van der Waals surface area contributed by atoms with Gasteiger partial charge in [-0.2, -0.15) is 0 Å². The second kappa shape index (κ2) is 6.63. The first-order chi connectivity index (χ1) is 8.35. The van der Waals surface area contributed by atoms with Crippen LogP contribution in [0.25, 0.3) is 0 Å². The van der Waals surface area contributed by atoms with Gasteiger partial charge in [-0.05, 0) is 34.1 Å². The summed E-state index contributed by atoms with van der Waals surface area (Å²) in [7, 11) is 2.28. The van der Waals surface area contributed by atoms with Crippen molar-refractivity contribution in [1.82, 2.24) is 14.9 Å². The summed E-state index contributed by atoms with van der Waals surface area (Å²) in [5.74, 6) is 0. The lowest BCUT2D eigenvalue weighted by Crippen LogP contribution is -2.39. The van der Waals surface area contributed by atoms with Crippen LogP contribution in [0.15, 0.2) is 16.3 Å². The molecule has 5 nitrogen and oxygen atoms in total. The van der Waals surface area contributed by atoms with E-state index < -0.39 is 10.0 Å². The molecule has 18 heavy (non-hydrogen) atoms. The quantitative estimate of drug-likeness (QED) is 0.776. The lowest BCUT2D eigenvalue weighted by molar-refractivity contribution is 0.370. The molecular weight excluding hydrogens is 270 g/mol. The fraction of sp³-hybridized carbons (Fsp3) is 0.636. The Balaban J connectivity index is 2.73. The standard InChI is InChI=1S/C11H21N3O2S2/c1-9(7-14(3)4)13-18(15,16)11-5-10(6-12-2)17-8-11/h5,8-9,12-13H,6-7H2,1-4H3. The third-order valence-electron chi connectivity index (χ3n) is 2.29. The Kier molecular flexibility index (Phi) is 5.74. The summed E-state index contributed by atoms with van der Waals surface area (Å²) < 4.78 is 26.9. The van der Waals surface area contributed by atoms with Gasteiger partial charge in [0.2, 0.25) is 10.0 Å². The smallest absolute Gasteiger partial charge is 0.241 e. The van der Waals surface area contributed by atoms with E-state index in [4.69, 9.17) is 0 Å². The van der Waals surface area contributed by atoms with E-state index in [1.807, 2.05) is 33.0 Å². The molecule has 0 aliphatic rings. The largest absolute Gasteiger partial charge is 0.315 e. The van der Waals surface area contributed by atoms with Crippen molar-refractivity contribution in [3.63, 3.8) is 0 Å². The minimum atomic E-state index is -3.40. The molecule has 7 heteroatoms. The summed E-state index contributed by atoms with van der Waals surface area (Å²) in [6, 6.07) is 1.60. The molecule has 0 amide bonds. The third-order valence-corrected chi connectivity index (χ3v) is 4.94. The number of rotatable bonds is 7. The maximum absolute atomic E-state index is 12.1. The lowest BCUT2D eigenvalue weighted by Gasteiger charge is -2.17. The molecule has 0 saturated heterocycles. The summed E-state index contributed by atoms with van der Waals surface area (Å²) >= 11 is 1.45. The number of thiophene rings is 1. The molecule has 1 unspecified atom stereocenters. The van der Waals surface area contributed by atoms with Crippen LogP contribution in [-0.2, 0) is 16.6 Å². The van der Waals surface area contributed by atoms with Crippen LogP contribution < -0.4 is 10.0 Å². The molecule has 1 aromatic heterocycles. The molecule has 0 aliphatic carbocycles. The van der Waals surface area contributed by atoms with Crippen molar-refractivity contribution in [3.8, 4) is 0 Å². The van der Waals surface area contributed by atoms with Crippen LogP contribution in [0.3, 0.4) is 0 Å². The van der Waals surface area contributed by atoms with E-state index in [1.165, 1.54) is 11.3 Å². The van der Waals surface area contributed by atoms with E-state index in [-0.39, 0.29) is 6.04 Å². The van der Waals surface area contributed by atoms with Crippen LogP contribution in [-0.4, -0.2) is 47.0 Å². The Morgan fingerprint density at radius 3 is 2.67 bits per heavy atom. The van der Waals surface area contributed by atoms with Gasteiger partial charge in [0.05, 0.1) is 4.90 Å². The van der Waals surface area contributed by atoms with Gasteiger partial charge in [0, 0.05) is 29.4 Å². The summed E-state index contributed by atoms with van der Waals surface area (Å²) in [6.45, 7) is 3.22. The van der Waals surface area contributed by atoms with Crippen LogP contribution in [0.1, 0.15) is 11.8 Å². The molecular formula is C11H21N3O2S2. The fourth-order valence-corrected chi connectivity index (χ4v) is 4.21. The molecule has 1 aromatic rings. The Morgan fingerprint density at radius 2 is 2.11 bits per heavy atom. The molecule has 2 N–H and O–H groups in total. The van der Waals surface area contributed by atoms with Crippen molar-refractivity contribution in [2.24, 2.45) is 0 Å². The maximum atomic E-state index is 12.1. The van der Waals surface area contributed by atoms with Crippen molar-refractivity contribution in [2.75, 3.05) is 27.7 Å². The molecule has 0 spiro atoms. The second-order valence-corrected chi connectivity index (χ2v) is 7.27. The van der Waals surface area contributed by atoms with Crippen LogP contribution in [0.5, 0.6) is 0 Å². The Labute approximate surface area is 113 Å². The second-order valence-electron chi connectivity index (χ2n) is 4.56. The number of nitrogens with zero attached hydrogens (tertiary/aromatic N) is 1. The number of hydrogen-bond donors (Lipinski definition) is 2. The average molecular weight is 291 g/mol. The SMILES string of the molecule is CNCc1cc(S(=O)(=O)NC(C)CN(C)C)cs1. The number of likely N-dealkylation sites (N-methyl/N-ethyl adjacent to an activating group) is 1. The first-order valence-corrected chi connectivity index (χ1v) is 8.10. The van der Waals surface area contributed by atoms with Crippen molar-refractivity contribution < 1.29 is 8.42 Å². The van der Waals surface area contributed by atoms with Gasteiger partial charge in [-0.3, -0.25) is 0 Å². The lowest BCUT2D eigenvalue weighted by atomic mass is 10.3. The molecule has 0 radical (unpaired) electrons. The Hall–Kier alpha value is -0.470. The van der Waals surface area contributed by atoms with Crippen LogP contribution in [0.4, 0.5) is 0 Å². The molecule has 0 aromatic carbocycles. The number of nitrogens with one attached hydrogen (secondary N) is 2. The molecule has 1 atom stereocenters. The number of sulfonamides is 1. The highest BCUT2D eigenvalue weighted by atomic mass is 32.2. The van der Waals surface area contributed by atoms with Crippen molar-refractivity contribution in [3.05, 3.63) is 16.3 Å². The van der Waals surface area contributed by atoms with Gasteiger partial charge in [0.1, 0.15) is 0 Å². The van der Waals surface area contributed by atoms with E-state index in [0.29, 0.717) is 18.0 Å². The predicted octanol–water partition coefficient (Wildman–Crippen LogP) is 0.696. The van der Waals surface area contributed by atoms with Crippen molar-refractivity contribution in [2.45, 2.75) is 24.4 Å². The van der Waals surface area contributed by atoms with E-state index >= 15 is 0 Å². The van der Waals surface area contributed by atoms with Crippen molar-refractivity contribution >= 4 is 21.4 Å². The van der Waals surface area contributed by atoms with Gasteiger partial charge in [-0.1, -0.05) is 0 Å². The zero-order valence-corrected chi connectivity index (χ0v) is 12.9. The maximum Gasteiger partial charge on any atom is 0.241 e. The van der Waals surface area contributed by atoms with Gasteiger partial charge in [-0.15, -0.1) is 11.3 Å². The monoisotopic (exact) mass is 291 g/mol. The highest BCUT2D eigenvalue weighted by Crippen LogP contribution is 2.19. The van der Waals surface area contributed by atoms with Crippen LogP contribution in [0.2, 0.25) is 0 Å². The topological polar surface area (TPSA) is 61.4 Å². The summed E-state index contributed by atoms with van der Waals surface area (Å²) in [6.07, 6.45) is 0. The zero-order valence-electron chi connectivity index (χ0n) is 11.2. The van der Waals surface area contributed by atoms with Crippen LogP contribution in [0, 0.1) is 0 Å².